The summed E-state index contributed by atoms with van der Waals surface area (Å²) in [5.41, 5.74) is 7.97. The first kappa shape index (κ1) is 9.65. The van der Waals surface area contributed by atoms with Gasteiger partial charge in [0.25, 0.3) is 0 Å². The van der Waals surface area contributed by atoms with Crippen molar-refractivity contribution in [3.63, 3.8) is 0 Å². The van der Waals surface area contributed by atoms with Crippen molar-refractivity contribution in [1.82, 2.24) is 0 Å². The standard InChI is InChI=1S/C11H15NO2/c12-11(13,14)10-7-3-5-8-4-1-2-6-9(8)10/h3,5,7,13-14H,1-2,4,6,12H2. The first-order chi connectivity index (χ1) is 6.59. The number of nitrogens with two attached hydrogens (primary N) is 1. The maximum Gasteiger partial charge on any atom is 0.248 e. The van der Waals surface area contributed by atoms with Gasteiger partial charge in [-0.15, -0.1) is 0 Å². The molecule has 3 heteroatoms. The minimum absolute atomic E-state index is 0.453. The Kier molecular flexibility index (Phi) is 2.31. The molecule has 0 fully saturated rings. The Labute approximate surface area is 83.2 Å². The molecule has 0 bridgehead atoms. The number of hydrogen-bond donors (Lipinski definition) is 3. The molecular formula is C11H15NO2. The molecule has 0 aliphatic heterocycles. The molecule has 1 aliphatic carbocycles. The van der Waals surface area contributed by atoms with Crippen LogP contribution >= 0.6 is 0 Å². The zero-order chi connectivity index (χ0) is 10.2. The highest BCUT2D eigenvalue weighted by molar-refractivity contribution is 5.38. The van der Waals surface area contributed by atoms with Gasteiger partial charge in [0.2, 0.25) is 5.91 Å². The molecule has 1 aliphatic rings. The number of aryl methyl sites for hydroxylation is 1. The number of hydrogen-bond acceptors (Lipinski definition) is 3. The molecule has 14 heavy (non-hydrogen) atoms. The molecule has 0 aromatic heterocycles. The third-order valence-electron chi connectivity index (χ3n) is 2.79. The third-order valence-corrected chi connectivity index (χ3v) is 2.79. The van der Waals surface area contributed by atoms with Crippen LogP contribution < -0.4 is 5.73 Å². The quantitative estimate of drug-likeness (QED) is 0.573. The predicted octanol–water partition coefficient (Wildman–Crippen LogP) is 0.619. The SMILES string of the molecule is NC(O)(O)c1cccc2c1CCCC2. The van der Waals surface area contributed by atoms with Crippen LogP contribution in [0.25, 0.3) is 0 Å². The maximum absolute atomic E-state index is 9.38. The van der Waals surface area contributed by atoms with Gasteiger partial charge in [0.05, 0.1) is 0 Å². The summed E-state index contributed by atoms with van der Waals surface area (Å²) in [6.45, 7) is 0. The third kappa shape index (κ3) is 1.66. The van der Waals surface area contributed by atoms with Gasteiger partial charge < -0.3 is 10.2 Å². The van der Waals surface area contributed by atoms with E-state index in [1.54, 1.807) is 6.07 Å². The Bertz CT molecular complexity index is 342. The van der Waals surface area contributed by atoms with E-state index in [1.165, 1.54) is 12.0 Å². The highest BCUT2D eigenvalue weighted by Gasteiger charge is 2.25. The molecule has 0 amide bonds. The van der Waals surface area contributed by atoms with Crippen LogP contribution in [0, 0.1) is 0 Å². The van der Waals surface area contributed by atoms with Gasteiger partial charge in [-0.05, 0) is 36.8 Å². The van der Waals surface area contributed by atoms with E-state index in [1.807, 2.05) is 12.1 Å². The van der Waals surface area contributed by atoms with Gasteiger partial charge in [-0.2, -0.15) is 0 Å². The normalized spacial score (nSPS) is 16.5. The molecule has 0 atom stereocenters. The lowest BCUT2D eigenvalue weighted by Gasteiger charge is -2.24. The molecule has 0 unspecified atom stereocenters. The number of benzene rings is 1. The zero-order valence-electron chi connectivity index (χ0n) is 8.03. The van der Waals surface area contributed by atoms with E-state index >= 15 is 0 Å². The Hall–Kier alpha value is -0.900. The summed E-state index contributed by atoms with van der Waals surface area (Å²) in [5, 5.41) is 18.8. The Morgan fingerprint density at radius 2 is 1.86 bits per heavy atom. The van der Waals surface area contributed by atoms with Gasteiger partial charge in [-0.25, -0.2) is 0 Å². The lowest BCUT2D eigenvalue weighted by molar-refractivity contribution is -0.164. The van der Waals surface area contributed by atoms with Gasteiger partial charge in [0.15, 0.2) is 0 Å². The van der Waals surface area contributed by atoms with Crippen molar-refractivity contribution in [3.05, 3.63) is 34.9 Å². The smallest absolute Gasteiger partial charge is 0.248 e. The van der Waals surface area contributed by atoms with Crippen molar-refractivity contribution in [3.8, 4) is 0 Å². The van der Waals surface area contributed by atoms with Crippen molar-refractivity contribution in [2.75, 3.05) is 0 Å². The lowest BCUT2D eigenvalue weighted by Crippen LogP contribution is -2.37. The molecule has 0 saturated heterocycles. The number of rotatable bonds is 1. The summed E-state index contributed by atoms with van der Waals surface area (Å²) in [7, 11) is 0. The molecule has 1 aromatic carbocycles. The van der Waals surface area contributed by atoms with E-state index in [4.69, 9.17) is 5.73 Å². The average Bonchev–Trinajstić information content (AvgIpc) is 2.15. The van der Waals surface area contributed by atoms with Gasteiger partial charge in [-0.1, -0.05) is 18.2 Å². The predicted molar refractivity (Wildman–Crippen MR) is 53.4 cm³/mol. The van der Waals surface area contributed by atoms with Crippen molar-refractivity contribution in [2.24, 2.45) is 5.73 Å². The van der Waals surface area contributed by atoms with Gasteiger partial charge in [0.1, 0.15) is 0 Å². The number of fused-ring (bicyclic) bond motifs is 1. The second-order valence-corrected chi connectivity index (χ2v) is 3.88. The highest BCUT2D eigenvalue weighted by Crippen LogP contribution is 2.27. The molecule has 0 saturated carbocycles. The molecule has 0 radical (unpaired) electrons. The minimum Gasteiger partial charge on any atom is -0.350 e. The molecule has 3 nitrogen and oxygen atoms in total. The van der Waals surface area contributed by atoms with E-state index < -0.39 is 5.91 Å². The summed E-state index contributed by atoms with van der Waals surface area (Å²) < 4.78 is 0. The van der Waals surface area contributed by atoms with Gasteiger partial charge in [-0.3, -0.25) is 5.73 Å². The molecule has 0 heterocycles. The monoisotopic (exact) mass is 193 g/mol. The second-order valence-electron chi connectivity index (χ2n) is 3.88. The van der Waals surface area contributed by atoms with Crippen molar-refractivity contribution < 1.29 is 10.2 Å². The van der Waals surface area contributed by atoms with Crippen LogP contribution in [0.2, 0.25) is 0 Å². The first-order valence-corrected chi connectivity index (χ1v) is 4.94. The van der Waals surface area contributed by atoms with E-state index in [0.717, 1.165) is 24.8 Å². The first-order valence-electron chi connectivity index (χ1n) is 4.94. The molecule has 4 N–H and O–H groups in total. The van der Waals surface area contributed by atoms with Gasteiger partial charge >= 0.3 is 0 Å². The Morgan fingerprint density at radius 1 is 1.14 bits per heavy atom. The van der Waals surface area contributed by atoms with E-state index in [2.05, 4.69) is 0 Å². The lowest BCUT2D eigenvalue weighted by atomic mass is 9.87. The minimum atomic E-state index is -2.19. The van der Waals surface area contributed by atoms with Crippen LogP contribution in [-0.4, -0.2) is 10.2 Å². The molecular weight excluding hydrogens is 178 g/mol. The van der Waals surface area contributed by atoms with Crippen LogP contribution in [0.5, 0.6) is 0 Å². The van der Waals surface area contributed by atoms with E-state index in [-0.39, 0.29) is 0 Å². The van der Waals surface area contributed by atoms with Crippen molar-refractivity contribution in [1.29, 1.82) is 0 Å². The molecule has 76 valence electrons. The van der Waals surface area contributed by atoms with Crippen molar-refractivity contribution >= 4 is 0 Å². The van der Waals surface area contributed by atoms with Crippen LogP contribution in [0.4, 0.5) is 0 Å². The van der Waals surface area contributed by atoms with Crippen LogP contribution in [-0.2, 0) is 18.8 Å². The highest BCUT2D eigenvalue weighted by atomic mass is 16.5. The average molecular weight is 193 g/mol. The molecule has 0 spiro atoms. The molecule has 2 rings (SSSR count). The fourth-order valence-electron chi connectivity index (χ4n) is 2.13. The fraction of sp³-hybridized carbons (Fsp3) is 0.455. The van der Waals surface area contributed by atoms with Crippen LogP contribution in [0.1, 0.15) is 29.5 Å². The second kappa shape index (κ2) is 3.35. The largest absolute Gasteiger partial charge is 0.350 e. The Balaban J connectivity index is 2.51. The van der Waals surface area contributed by atoms with Gasteiger partial charge in [0, 0.05) is 5.56 Å². The van der Waals surface area contributed by atoms with E-state index in [9.17, 15) is 10.2 Å². The Morgan fingerprint density at radius 3 is 2.57 bits per heavy atom. The summed E-state index contributed by atoms with van der Waals surface area (Å²) in [6.07, 6.45) is 4.18. The van der Waals surface area contributed by atoms with E-state index in [0.29, 0.717) is 5.56 Å². The summed E-state index contributed by atoms with van der Waals surface area (Å²) >= 11 is 0. The fourth-order valence-corrected chi connectivity index (χ4v) is 2.13. The topological polar surface area (TPSA) is 66.5 Å². The zero-order valence-corrected chi connectivity index (χ0v) is 8.03. The van der Waals surface area contributed by atoms with Crippen molar-refractivity contribution in [2.45, 2.75) is 31.6 Å². The van der Waals surface area contributed by atoms with Crippen LogP contribution in [0.3, 0.4) is 0 Å². The maximum atomic E-state index is 9.38. The number of aliphatic hydroxyl groups is 2. The molecule has 1 aromatic rings. The summed E-state index contributed by atoms with van der Waals surface area (Å²) in [5.74, 6) is -2.19. The van der Waals surface area contributed by atoms with Crippen LogP contribution in [0.15, 0.2) is 18.2 Å². The summed E-state index contributed by atoms with van der Waals surface area (Å²) in [4.78, 5) is 0. The summed E-state index contributed by atoms with van der Waals surface area (Å²) in [6, 6.07) is 5.54.